The molecule has 1 aliphatic heterocycles. The van der Waals surface area contributed by atoms with Crippen LogP contribution in [-0.2, 0) is 0 Å². The molecule has 1 atom stereocenters. The summed E-state index contributed by atoms with van der Waals surface area (Å²) in [5.41, 5.74) is 0. The molecule has 1 unspecified atom stereocenters. The first-order chi connectivity index (χ1) is 5.77. The maximum atomic E-state index is 12.5. The highest BCUT2D eigenvalue weighted by molar-refractivity contribution is 5.18. The predicted molar refractivity (Wildman–Crippen MR) is 44.3 cm³/mol. The number of allylic oxidation sites excluding steroid dienone is 2. The van der Waals surface area contributed by atoms with Gasteiger partial charge in [0.2, 0.25) is 0 Å². The van der Waals surface area contributed by atoms with Gasteiger partial charge in [0.15, 0.2) is 0 Å². The number of nitrogens with two attached hydrogens (primary N) is 1. The molecule has 4 heteroatoms. The highest BCUT2D eigenvalue weighted by atomic mass is 19.1. The van der Waals surface area contributed by atoms with Crippen LogP contribution in [-0.4, -0.2) is 17.2 Å². The van der Waals surface area contributed by atoms with Crippen molar-refractivity contribution in [2.75, 3.05) is 0 Å². The molecule has 0 spiro atoms. The Balaban J connectivity index is 1.94. The van der Waals surface area contributed by atoms with Crippen molar-refractivity contribution in [3.63, 3.8) is 0 Å². The molecule has 0 aromatic rings. The van der Waals surface area contributed by atoms with E-state index in [-0.39, 0.29) is 12.0 Å². The lowest BCUT2D eigenvalue weighted by Gasteiger charge is -2.26. The summed E-state index contributed by atoms with van der Waals surface area (Å²) >= 11 is 0. The summed E-state index contributed by atoms with van der Waals surface area (Å²) in [5.74, 6) is 5.51. The van der Waals surface area contributed by atoms with Crippen LogP contribution in [0.15, 0.2) is 24.2 Å². The van der Waals surface area contributed by atoms with E-state index in [0.29, 0.717) is 6.04 Å². The molecular weight excluding hydrogens is 157 g/mol. The second kappa shape index (κ2) is 2.88. The molecule has 1 heterocycles. The van der Waals surface area contributed by atoms with Crippen molar-refractivity contribution in [3.05, 3.63) is 24.2 Å². The smallest absolute Gasteiger partial charge is 0.138 e. The third kappa shape index (κ3) is 1.49. The van der Waals surface area contributed by atoms with Crippen LogP contribution in [0.5, 0.6) is 0 Å². The lowest BCUT2D eigenvalue weighted by atomic mass is 10.3. The molecule has 0 bridgehead atoms. The zero-order valence-corrected chi connectivity index (χ0v) is 6.70. The van der Waals surface area contributed by atoms with E-state index in [4.69, 9.17) is 5.84 Å². The molecule has 3 N–H and O–H groups in total. The van der Waals surface area contributed by atoms with Crippen LogP contribution in [0.4, 0.5) is 4.39 Å². The molecule has 0 aromatic heterocycles. The van der Waals surface area contributed by atoms with E-state index in [1.54, 1.807) is 11.1 Å². The topological polar surface area (TPSA) is 41.3 Å². The van der Waals surface area contributed by atoms with E-state index < -0.39 is 0 Å². The maximum absolute atomic E-state index is 12.5. The predicted octanol–water partition coefficient (Wildman–Crippen LogP) is 0.621. The number of nitrogens with one attached hydrogen (secondary N) is 1. The van der Waals surface area contributed by atoms with Gasteiger partial charge in [-0.25, -0.2) is 9.40 Å². The minimum atomic E-state index is -0.254. The molecule has 1 fully saturated rings. The Labute approximate surface area is 70.7 Å². The van der Waals surface area contributed by atoms with Gasteiger partial charge >= 0.3 is 0 Å². The van der Waals surface area contributed by atoms with Crippen molar-refractivity contribution in [2.45, 2.75) is 25.0 Å². The quantitative estimate of drug-likeness (QED) is 0.470. The Morgan fingerprint density at radius 3 is 2.83 bits per heavy atom. The van der Waals surface area contributed by atoms with Crippen molar-refractivity contribution in [3.8, 4) is 0 Å². The Hall–Kier alpha value is -0.870. The number of hydrazine groups is 1. The van der Waals surface area contributed by atoms with Gasteiger partial charge < -0.3 is 5.32 Å². The van der Waals surface area contributed by atoms with Crippen molar-refractivity contribution in [2.24, 2.45) is 5.84 Å². The summed E-state index contributed by atoms with van der Waals surface area (Å²) in [4.78, 5) is 0. The Kier molecular flexibility index (Phi) is 1.86. The molecule has 3 nitrogen and oxygen atoms in total. The van der Waals surface area contributed by atoms with Crippen molar-refractivity contribution < 1.29 is 4.39 Å². The number of hydrogen-bond donors (Lipinski definition) is 2. The first-order valence-electron chi connectivity index (χ1n) is 4.10. The van der Waals surface area contributed by atoms with Gasteiger partial charge in [-0.15, -0.1) is 0 Å². The first-order valence-corrected chi connectivity index (χ1v) is 4.10. The lowest BCUT2D eigenvalue weighted by molar-refractivity contribution is 0.204. The minimum Gasteiger partial charge on any atom is -0.369 e. The van der Waals surface area contributed by atoms with Crippen LogP contribution in [0.3, 0.4) is 0 Å². The highest BCUT2D eigenvalue weighted by Gasteiger charge is 2.31. The molecule has 12 heavy (non-hydrogen) atoms. The van der Waals surface area contributed by atoms with Gasteiger partial charge in [0.25, 0.3) is 0 Å². The Morgan fingerprint density at radius 2 is 2.33 bits per heavy atom. The zero-order chi connectivity index (χ0) is 8.55. The SMILES string of the molecule is NN(C1CC1)C1C=CC(F)=CN1. The normalized spacial score (nSPS) is 28.6. The lowest BCUT2D eigenvalue weighted by Crippen LogP contribution is -2.48. The standard InChI is InChI=1S/C8H12FN3/c9-6-1-4-8(11-5-6)12(10)7-2-3-7/h1,4-5,7-8,11H,2-3,10H2. The van der Waals surface area contributed by atoms with Gasteiger partial charge in [-0.05, 0) is 25.0 Å². The van der Waals surface area contributed by atoms with Crippen LogP contribution < -0.4 is 11.2 Å². The maximum Gasteiger partial charge on any atom is 0.138 e. The van der Waals surface area contributed by atoms with E-state index in [1.165, 1.54) is 12.3 Å². The van der Waals surface area contributed by atoms with E-state index in [1.807, 2.05) is 0 Å². The molecule has 0 radical (unpaired) electrons. The van der Waals surface area contributed by atoms with E-state index in [2.05, 4.69) is 5.32 Å². The number of nitrogens with zero attached hydrogens (tertiary/aromatic N) is 1. The monoisotopic (exact) mass is 169 g/mol. The minimum absolute atomic E-state index is 0.0444. The second-order valence-corrected chi connectivity index (χ2v) is 3.18. The number of dihydropyridines is 1. The summed E-state index contributed by atoms with van der Waals surface area (Å²) in [5, 5.41) is 4.60. The molecule has 2 rings (SSSR count). The van der Waals surface area contributed by atoms with Gasteiger partial charge in [-0.3, -0.25) is 5.84 Å². The molecule has 66 valence electrons. The molecule has 0 aromatic carbocycles. The van der Waals surface area contributed by atoms with Gasteiger partial charge in [0.1, 0.15) is 12.0 Å². The van der Waals surface area contributed by atoms with Gasteiger partial charge in [0, 0.05) is 12.2 Å². The van der Waals surface area contributed by atoms with E-state index in [0.717, 1.165) is 12.8 Å². The van der Waals surface area contributed by atoms with Crippen LogP contribution in [0.1, 0.15) is 12.8 Å². The fourth-order valence-corrected chi connectivity index (χ4v) is 1.24. The second-order valence-electron chi connectivity index (χ2n) is 3.18. The van der Waals surface area contributed by atoms with Crippen LogP contribution in [0.2, 0.25) is 0 Å². The first kappa shape index (κ1) is 7.76. The third-order valence-corrected chi connectivity index (χ3v) is 2.12. The van der Waals surface area contributed by atoms with Crippen molar-refractivity contribution in [1.29, 1.82) is 0 Å². The number of halogens is 1. The molecule has 1 saturated carbocycles. The summed E-state index contributed by atoms with van der Waals surface area (Å²) in [7, 11) is 0. The number of rotatable bonds is 2. The summed E-state index contributed by atoms with van der Waals surface area (Å²) in [6.45, 7) is 0. The molecular formula is C8H12FN3. The average molecular weight is 169 g/mol. The molecule has 0 amide bonds. The fraction of sp³-hybridized carbons (Fsp3) is 0.500. The molecule has 0 saturated heterocycles. The summed E-state index contributed by atoms with van der Waals surface area (Å²) in [6.07, 6.45) is 6.75. The number of hydrogen-bond acceptors (Lipinski definition) is 3. The van der Waals surface area contributed by atoms with Crippen molar-refractivity contribution in [1.82, 2.24) is 10.3 Å². The molecule has 2 aliphatic rings. The van der Waals surface area contributed by atoms with Gasteiger partial charge in [-0.1, -0.05) is 0 Å². The summed E-state index contributed by atoms with van der Waals surface area (Å²) in [6, 6.07) is 0.474. The van der Waals surface area contributed by atoms with E-state index >= 15 is 0 Å². The highest BCUT2D eigenvalue weighted by Crippen LogP contribution is 2.26. The van der Waals surface area contributed by atoms with Crippen LogP contribution >= 0.6 is 0 Å². The summed E-state index contributed by atoms with van der Waals surface area (Å²) < 4.78 is 12.5. The molecule has 1 aliphatic carbocycles. The zero-order valence-electron chi connectivity index (χ0n) is 6.70. The fourth-order valence-electron chi connectivity index (χ4n) is 1.24. The van der Waals surface area contributed by atoms with Crippen molar-refractivity contribution >= 4 is 0 Å². The Morgan fingerprint density at radius 1 is 1.58 bits per heavy atom. The van der Waals surface area contributed by atoms with Gasteiger partial charge in [0.05, 0.1) is 0 Å². The average Bonchev–Trinajstić information content (AvgIpc) is 2.87. The largest absolute Gasteiger partial charge is 0.369 e. The Bertz CT molecular complexity index is 232. The van der Waals surface area contributed by atoms with Crippen LogP contribution in [0, 0.1) is 0 Å². The van der Waals surface area contributed by atoms with E-state index in [9.17, 15) is 4.39 Å². The third-order valence-electron chi connectivity index (χ3n) is 2.12. The van der Waals surface area contributed by atoms with Gasteiger partial charge in [-0.2, -0.15) is 0 Å². The van der Waals surface area contributed by atoms with Crippen LogP contribution in [0.25, 0.3) is 0 Å².